The second-order valence-electron chi connectivity index (χ2n) is 5.75. The largest absolute Gasteiger partial charge is 0.357 e. The van der Waals surface area contributed by atoms with E-state index in [4.69, 9.17) is 5.26 Å². The van der Waals surface area contributed by atoms with Gasteiger partial charge in [-0.1, -0.05) is 18.2 Å². The van der Waals surface area contributed by atoms with Gasteiger partial charge in [-0.25, -0.2) is 9.38 Å². The van der Waals surface area contributed by atoms with Crippen LogP contribution in [-0.2, 0) is 13.0 Å². The highest BCUT2D eigenvalue weighted by Gasteiger charge is 2.02. The average Bonchev–Trinajstić information content (AvgIpc) is 2.61. The van der Waals surface area contributed by atoms with Crippen LogP contribution in [0.2, 0.25) is 0 Å². The zero-order chi connectivity index (χ0) is 18.1. The Kier molecular flexibility index (Phi) is 9.66. The topological polar surface area (TPSA) is 60.2 Å². The highest BCUT2D eigenvalue weighted by molar-refractivity contribution is 14.0. The number of halogens is 2. The summed E-state index contributed by atoms with van der Waals surface area (Å²) in [5, 5.41) is 15.4. The predicted molar refractivity (Wildman–Crippen MR) is 114 cm³/mol. The molecule has 0 aliphatic heterocycles. The monoisotopic (exact) mass is 466 g/mol. The Balaban J connectivity index is 0.00000338. The van der Waals surface area contributed by atoms with E-state index < -0.39 is 0 Å². The average molecular weight is 466 g/mol. The molecule has 0 unspecified atom stereocenters. The number of hydrogen-bond donors (Lipinski definition) is 2. The normalized spacial score (nSPS) is 10.6. The summed E-state index contributed by atoms with van der Waals surface area (Å²) in [7, 11) is 0. The summed E-state index contributed by atoms with van der Waals surface area (Å²) in [5.74, 6) is 0.522. The number of guanidine groups is 1. The summed E-state index contributed by atoms with van der Waals surface area (Å²) in [6.07, 6.45) is 0.792. The van der Waals surface area contributed by atoms with Crippen LogP contribution in [0.25, 0.3) is 0 Å². The number of nitrogens with zero attached hydrogens (tertiary/aromatic N) is 2. The molecule has 0 saturated carbocycles. The SMILES string of the molecule is CCNC(=NCc1cccc(C#N)c1)NCCc1ccc(F)cc1C.I. The lowest BCUT2D eigenvalue weighted by molar-refractivity contribution is 0.625. The van der Waals surface area contributed by atoms with Crippen LogP contribution in [0, 0.1) is 24.1 Å². The number of aryl methyl sites for hydroxylation is 1. The first-order valence-corrected chi connectivity index (χ1v) is 8.38. The lowest BCUT2D eigenvalue weighted by Gasteiger charge is -2.12. The molecule has 0 aromatic heterocycles. The fourth-order valence-electron chi connectivity index (χ4n) is 2.51. The number of aliphatic imine (C=N–C) groups is 1. The quantitative estimate of drug-likeness (QED) is 0.386. The number of rotatable bonds is 6. The Morgan fingerprint density at radius 2 is 2.00 bits per heavy atom. The molecule has 0 bridgehead atoms. The van der Waals surface area contributed by atoms with Crippen LogP contribution >= 0.6 is 24.0 Å². The van der Waals surface area contributed by atoms with Crippen LogP contribution in [0.3, 0.4) is 0 Å². The molecule has 2 rings (SSSR count). The summed E-state index contributed by atoms with van der Waals surface area (Å²) in [6, 6.07) is 14.4. The van der Waals surface area contributed by atoms with Crippen molar-refractivity contribution in [2.24, 2.45) is 4.99 Å². The van der Waals surface area contributed by atoms with Gasteiger partial charge in [0, 0.05) is 13.1 Å². The lowest BCUT2D eigenvalue weighted by Crippen LogP contribution is -2.38. The van der Waals surface area contributed by atoms with Crippen molar-refractivity contribution in [3.8, 4) is 6.07 Å². The van der Waals surface area contributed by atoms with E-state index in [1.807, 2.05) is 38.1 Å². The van der Waals surface area contributed by atoms with Crippen LogP contribution in [0.5, 0.6) is 0 Å². The van der Waals surface area contributed by atoms with Crippen molar-refractivity contribution in [3.05, 3.63) is 70.5 Å². The smallest absolute Gasteiger partial charge is 0.191 e. The van der Waals surface area contributed by atoms with Crippen LogP contribution < -0.4 is 10.6 Å². The molecule has 0 saturated heterocycles. The summed E-state index contributed by atoms with van der Waals surface area (Å²) in [4.78, 5) is 4.55. The molecule has 0 fully saturated rings. The van der Waals surface area contributed by atoms with Crippen molar-refractivity contribution in [1.29, 1.82) is 5.26 Å². The van der Waals surface area contributed by atoms with E-state index in [9.17, 15) is 4.39 Å². The maximum atomic E-state index is 13.1. The zero-order valence-electron chi connectivity index (χ0n) is 15.1. The predicted octanol–water partition coefficient (Wildman–Crippen LogP) is 3.92. The first-order valence-electron chi connectivity index (χ1n) is 8.38. The first kappa shape index (κ1) is 21.9. The molecule has 138 valence electrons. The van der Waals surface area contributed by atoms with Gasteiger partial charge in [0.15, 0.2) is 5.96 Å². The zero-order valence-corrected chi connectivity index (χ0v) is 17.4. The van der Waals surface area contributed by atoms with Crippen LogP contribution in [-0.4, -0.2) is 19.0 Å². The second-order valence-corrected chi connectivity index (χ2v) is 5.75. The molecule has 0 aliphatic carbocycles. The van der Waals surface area contributed by atoms with Gasteiger partial charge in [-0.2, -0.15) is 5.26 Å². The standard InChI is InChI=1S/C20H23FN4.HI/c1-3-23-20(25-14-17-6-4-5-16(12-17)13-22)24-10-9-18-7-8-19(21)11-15(18)2;/h4-8,11-12H,3,9-10,14H2,1-2H3,(H2,23,24,25);1H. The van der Waals surface area contributed by atoms with Crippen LogP contribution in [0.1, 0.15) is 29.2 Å². The minimum absolute atomic E-state index is 0. The van der Waals surface area contributed by atoms with Gasteiger partial charge < -0.3 is 10.6 Å². The Bertz CT molecular complexity index is 784. The van der Waals surface area contributed by atoms with E-state index >= 15 is 0 Å². The molecule has 0 heterocycles. The van der Waals surface area contributed by atoms with Crippen molar-refractivity contribution in [1.82, 2.24) is 10.6 Å². The molecular formula is C20H24FIN4. The first-order chi connectivity index (χ1) is 12.1. The van der Waals surface area contributed by atoms with E-state index in [1.54, 1.807) is 12.1 Å². The summed E-state index contributed by atoms with van der Waals surface area (Å²) < 4.78 is 13.1. The third kappa shape index (κ3) is 7.00. The maximum Gasteiger partial charge on any atom is 0.191 e. The van der Waals surface area contributed by atoms with Gasteiger partial charge in [-0.15, -0.1) is 24.0 Å². The molecule has 2 aromatic rings. The fraction of sp³-hybridized carbons (Fsp3) is 0.300. The van der Waals surface area contributed by atoms with Gasteiger partial charge in [0.05, 0.1) is 18.2 Å². The summed E-state index contributed by atoms with van der Waals surface area (Å²) in [5.41, 5.74) is 3.70. The number of hydrogen-bond acceptors (Lipinski definition) is 2. The minimum Gasteiger partial charge on any atom is -0.357 e. The van der Waals surface area contributed by atoms with E-state index in [-0.39, 0.29) is 29.8 Å². The van der Waals surface area contributed by atoms with E-state index in [2.05, 4.69) is 21.7 Å². The molecule has 0 amide bonds. The number of benzene rings is 2. The third-order valence-corrected chi connectivity index (χ3v) is 3.81. The van der Waals surface area contributed by atoms with Crippen LogP contribution in [0.4, 0.5) is 4.39 Å². The maximum absolute atomic E-state index is 13.1. The number of nitrogens with one attached hydrogen (secondary N) is 2. The molecule has 0 atom stereocenters. The highest BCUT2D eigenvalue weighted by Crippen LogP contribution is 2.10. The van der Waals surface area contributed by atoms with Gasteiger partial charge in [0.1, 0.15) is 5.82 Å². The van der Waals surface area contributed by atoms with E-state index in [0.717, 1.165) is 35.6 Å². The fourth-order valence-corrected chi connectivity index (χ4v) is 2.51. The van der Waals surface area contributed by atoms with Gasteiger partial charge in [-0.3, -0.25) is 0 Å². The molecular weight excluding hydrogens is 442 g/mol. The van der Waals surface area contributed by atoms with E-state index in [1.165, 1.54) is 6.07 Å². The minimum atomic E-state index is -0.205. The van der Waals surface area contributed by atoms with Gasteiger partial charge in [-0.05, 0) is 61.2 Å². The molecule has 0 radical (unpaired) electrons. The lowest BCUT2D eigenvalue weighted by atomic mass is 10.1. The van der Waals surface area contributed by atoms with Crippen molar-refractivity contribution in [3.63, 3.8) is 0 Å². The van der Waals surface area contributed by atoms with Crippen LogP contribution in [0.15, 0.2) is 47.5 Å². The van der Waals surface area contributed by atoms with Gasteiger partial charge >= 0.3 is 0 Å². The van der Waals surface area contributed by atoms with Crippen molar-refractivity contribution in [2.45, 2.75) is 26.8 Å². The molecule has 26 heavy (non-hydrogen) atoms. The Labute approximate surface area is 171 Å². The molecule has 0 aliphatic rings. The van der Waals surface area contributed by atoms with E-state index in [0.29, 0.717) is 18.7 Å². The third-order valence-electron chi connectivity index (χ3n) is 3.81. The summed E-state index contributed by atoms with van der Waals surface area (Å²) >= 11 is 0. The van der Waals surface area contributed by atoms with Crippen molar-refractivity contribution in [2.75, 3.05) is 13.1 Å². The number of nitriles is 1. The highest BCUT2D eigenvalue weighted by atomic mass is 127. The molecule has 2 aromatic carbocycles. The summed E-state index contributed by atoms with van der Waals surface area (Å²) in [6.45, 7) is 5.90. The molecule has 0 spiro atoms. The second kappa shape index (κ2) is 11.5. The van der Waals surface area contributed by atoms with Crippen molar-refractivity contribution < 1.29 is 4.39 Å². The van der Waals surface area contributed by atoms with Crippen molar-refractivity contribution >= 4 is 29.9 Å². The molecule has 2 N–H and O–H groups in total. The Morgan fingerprint density at radius 1 is 1.19 bits per heavy atom. The van der Waals surface area contributed by atoms with Gasteiger partial charge in [0.25, 0.3) is 0 Å². The van der Waals surface area contributed by atoms with Gasteiger partial charge in [0.2, 0.25) is 0 Å². The molecule has 6 heteroatoms. The Hall–Kier alpha value is -2.14. The Morgan fingerprint density at radius 3 is 2.69 bits per heavy atom. The molecule has 4 nitrogen and oxygen atoms in total.